The largest absolute Gasteiger partial charge is 0.306 e. The lowest BCUT2D eigenvalue weighted by molar-refractivity contribution is 0.630. The second-order valence-electron chi connectivity index (χ2n) is 4.98. The van der Waals surface area contributed by atoms with Gasteiger partial charge in [-0.3, -0.25) is 0 Å². The van der Waals surface area contributed by atoms with Crippen LogP contribution in [-0.2, 0) is 0 Å². The Balaban J connectivity index is 2.50. The summed E-state index contributed by atoms with van der Waals surface area (Å²) in [4.78, 5) is 0. The molecule has 0 fully saturated rings. The zero-order valence-electron chi connectivity index (χ0n) is 12.0. The molecule has 0 bridgehead atoms. The van der Waals surface area contributed by atoms with Gasteiger partial charge in [-0.25, -0.2) is 0 Å². The summed E-state index contributed by atoms with van der Waals surface area (Å²) in [7, 11) is 0. The lowest BCUT2D eigenvalue weighted by Gasteiger charge is -2.21. The molecule has 0 heterocycles. The van der Waals surface area contributed by atoms with E-state index in [0.717, 1.165) is 21.6 Å². The number of benzene rings is 2. The maximum absolute atomic E-state index is 6.46. The molecule has 0 amide bonds. The minimum Gasteiger partial charge on any atom is -0.306 e. The van der Waals surface area contributed by atoms with Gasteiger partial charge in [0.15, 0.2) is 0 Å². The lowest BCUT2D eigenvalue weighted by Crippen LogP contribution is -2.22. The van der Waals surface area contributed by atoms with Crippen molar-refractivity contribution in [1.82, 2.24) is 5.32 Å². The SMILES string of the molecule is CCNC(c1ccc(C)c(C)c1)c1cccc(Br)c1Cl. The van der Waals surface area contributed by atoms with Crippen LogP contribution in [0.5, 0.6) is 0 Å². The molecule has 0 aliphatic heterocycles. The summed E-state index contributed by atoms with van der Waals surface area (Å²) >= 11 is 9.96. The Hall–Kier alpha value is -0.830. The van der Waals surface area contributed by atoms with E-state index in [9.17, 15) is 0 Å². The summed E-state index contributed by atoms with van der Waals surface area (Å²) in [6.45, 7) is 7.28. The first-order chi connectivity index (χ1) is 9.54. The molecule has 0 aromatic heterocycles. The summed E-state index contributed by atoms with van der Waals surface area (Å²) in [6.07, 6.45) is 0. The topological polar surface area (TPSA) is 12.0 Å². The summed E-state index contributed by atoms with van der Waals surface area (Å²) in [5.74, 6) is 0. The van der Waals surface area contributed by atoms with Crippen molar-refractivity contribution in [2.24, 2.45) is 0 Å². The Kier molecular flexibility index (Phi) is 5.25. The van der Waals surface area contributed by atoms with E-state index in [4.69, 9.17) is 11.6 Å². The Morgan fingerprint density at radius 2 is 1.90 bits per heavy atom. The molecule has 0 saturated carbocycles. The fourth-order valence-electron chi connectivity index (χ4n) is 2.30. The highest BCUT2D eigenvalue weighted by Gasteiger charge is 2.17. The van der Waals surface area contributed by atoms with Gasteiger partial charge in [0, 0.05) is 4.47 Å². The Bertz CT molecular complexity index is 610. The normalized spacial score (nSPS) is 12.4. The van der Waals surface area contributed by atoms with Crippen LogP contribution in [-0.4, -0.2) is 6.54 Å². The fourth-order valence-corrected chi connectivity index (χ4v) is 2.92. The van der Waals surface area contributed by atoms with Crippen molar-refractivity contribution in [2.75, 3.05) is 6.54 Å². The highest BCUT2D eigenvalue weighted by Crippen LogP contribution is 2.33. The van der Waals surface area contributed by atoms with Gasteiger partial charge in [0.25, 0.3) is 0 Å². The van der Waals surface area contributed by atoms with Crippen molar-refractivity contribution < 1.29 is 0 Å². The van der Waals surface area contributed by atoms with Gasteiger partial charge in [0.2, 0.25) is 0 Å². The summed E-state index contributed by atoms with van der Waals surface area (Å²) in [6, 6.07) is 12.8. The number of halogens is 2. The van der Waals surface area contributed by atoms with E-state index in [2.05, 4.69) is 66.3 Å². The molecule has 0 spiro atoms. The van der Waals surface area contributed by atoms with Crippen LogP contribution < -0.4 is 5.32 Å². The number of rotatable bonds is 4. The van der Waals surface area contributed by atoms with E-state index in [1.165, 1.54) is 16.7 Å². The standard InChI is InChI=1S/C17H19BrClN/c1-4-20-17(13-9-8-11(2)12(3)10-13)14-6-5-7-15(18)16(14)19/h5-10,17,20H,4H2,1-3H3. The van der Waals surface area contributed by atoms with Crippen LogP contribution in [0.2, 0.25) is 5.02 Å². The molecule has 2 aromatic rings. The van der Waals surface area contributed by atoms with Gasteiger partial charge in [0.05, 0.1) is 11.1 Å². The van der Waals surface area contributed by atoms with Crippen LogP contribution in [0.4, 0.5) is 0 Å². The van der Waals surface area contributed by atoms with Crippen molar-refractivity contribution in [1.29, 1.82) is 0 Å². The molecular formula is C17H19BrClN. The minimum atomic E-state index is 0.115. The third-order valence-electron chi connectivity index (χ3n) is 3.57. The Morgan fingerprint density at radius 3 is 2.55 bits per heavy atom. The van der Waals surface area contributed by atoms with E-state index in [1.54, 1.807) is 0 Å². The van der Waals surface area contributed by atoms with Gasteiger partial charge >= 0.3 is 0 Å². The van der Waals surface area contributed by atoms with Crippen molar-refractivity contribution in [3.05, 3.63) is 68.1 Å². The monoisotopic (exact) mass is 351 g/mol. The predicted octanol–water partition coefficient (Wildman–Crippen LogP) is 5.42. The average molecular weight is 353 g/mol. The van der Waals surface area contributed by atoms with Crippen molar-refractivity contribution in [3.63, 3.8) is 0 Å². The average Bonchev–Trinajstić information content (AvgIpc) is 2.43. The molecule has 3 heteroatoms. The molecule has 1 nitrogen and oxygen atoms in total. The molecular weight excluding hydrogens is 334 g/mol. The first kappa shape index (κ1) is 15.6. The highest BCUT2D eigenvalue weighted by atomic mass is 79.9. The van der Waals surface area contributed by atoms with Gasteiger partial charge in [-0.1, -0.05) is 48.9 Å². The molecule has 0 aliphatic rings. The summed E-state index contributed by atoms with van der Waals surface area (Å²) in [5, 5.41) is 4.30. The zero-order valence-corrected chi connectivity index (χ0v) is 14.3. The smallest absolute Gasteiger partial charge is 0.0599 e. The Morgan fingerprint density at radius 1 is 1.15 bits per heavy atom. The van der Waals surface area contributed by atoms with E-state index in [0.29, 0.717) is 0 Å². The second kappa shape index (κ2) is 6.75. The number of aryl methyl sites for hydroxylation is 2. The molecule has 1 N–H and O–H groups in total. The van der Waals surface area contributed by atoms with Gasteiger partial charge in [-0.05, 0) is 64.6 Å². The van der Waals surface area contributed by atoms with Gasteiger partial charge in [0.1, 0.15) is 0 Å². The third-order valence-corrected chi connectivity index (χ3v) is 4.88. The fraction of sp³-hybridized carbons (Fsp3) is 0.294. The van der Waals surface area contributed by atoms with Crippen molar-refractivity contribution >= 4 is 27.5 Å². The molecule has 0 saturated heterocycles. The maximum atomic E-state index is 6.46. The van der Waals surface area contributed by atoms with Crippen molar-refractivity contribution in [2.45, 2.75) is 26.8 Å². The van der Waals surface area contributed by atoms with E-state index >= 15 is 0 Å². The van der Waals surface area contributed by atoms with Gasteiger partial charge < -0.3 is 5.32 Å². The molecule has 0 radical (unpaired) electrons. The van der Waals surface area contributed by atoms with Gasteiger partial charge in [-0.15, -0.1) is 0 Å². The first-order valence-corrected chi connectivity index (χ1v) is 7.96. The highest BCUT2D eigenvalue weighted by molar-refractivity contribution is 9.10. The summed E-state index contributed by atoms with van der Waals surface area (Å²) in [5.41, 5.74) is 4.96. The zero-order chi connectivity index (χ0) is 14.7. The number of hydrogen-bond acceptors (Lipinski definition) is 1. The molecule has 1 unspecified atom stereocenters. The quantitative estimate of drug-likeness (QED) is 0.775. The Labute approximate surface area is 134 Å². The van der Waals surface area contributed by atoms with Crippen LogP contribution in [0, 0.1) is 13.8 Å². The van der Waals surface area contributed by atoms with E-state index < -0.39 is 0 Å². The van der Waals surface area contributed by atoms with Crippen LogP contribution in [0.1, 0.15) is 35.2 Å². The molecule has 1 atom stereocenters. The van der Waals surface area contributed by atoms with E-state index in [-0.39, 0.29) is 6.04 Å². The van der Waals surface area contributed by atoms with Gasteiger partial charge in [-0.2, -0.15) is 0 Å². The molecule has 0 aliphatic carbocycles. The lowest BCUT2D eigenvalue weighted by atomic mass is 9.95. The van der Waals surface area contributed by atoms with E-state index in [1.807, 2.05) is 12.1 Å². The third kappa shape index (κ3) is 3.25. The minimum absolute atomic E-state index is 0.115. The predicted molar refractivity (Wildman–Crippen MR) is 90.6 cm³/mol. The molecule has 106 valence electrons. The van der Waals surface area contributed by atoms with Crippen LogP contribution in [0.3, 0.4) is 0 Å². The first-order valence-electron chi connectivity index (χ1n) is 6.79. The van der Waals surface area contributed by atoms with Crippen molar-refractivity contribution in [3.8, 4) is 0 Å². The number of nitrogens with one attached hydrogen (secondary N) is 1. The summed E-state index contributed by atoms with van der Waals surface area (Å²) < 4.78 is 0.934. The number of hydrogen-bond donors (Lipinski definition) is 1. The molecule has 2 aromatic carbocycles. The van der Waals surface area contributed by atoms with Crippen LogP contribution >= 0.6 is 27.5 Å². The maximum Gasteiger partial charge on any atom is 0.0599 e. The van der Waals surface area contributed by atoms with Crippen LogP contribution in [0.25, 0.3) is 0 Å². The molecule has 20 heavy (non-hydrogen) atoms. The van der Waals surface area contributed by atoms with Crippen LogP contribution in [0.15, 0.2) is 40.9 Å². The molecule has 2 rings (SSSR count). The second-order valence-corrected chi connectivity index (χ2v) is 6.21.